The van der Waals surface area contributed by atoms with Crippen molar-refractivity contribution in [3.05, 3.63) is 64.8 Å². The molecule has 0 radical (unpaired) electrons. The summed E-state index contributed by atoms with van der Waals surface area (Å²) in [5.74, 6) is 0.445. The summed E-state index contributed by atoms with van der Waals surface area (Å²) in [6.45, 7) is 7.24. The van der Waals surface area contributed by atoms with Crippen molar-refractivity contribution in [1.82, 2.24) is 9.29 Å². The molecule has 0 saturated heterocycles. The van der Waals surface area contributed by atoms with Gasteiger partial charge in [0, 0.05) is 36.1 Å². The van der Waals surface area contributed by atoms with Crippen LogP contribution >= 0.6 is 0 Å². The molecule has 0 amide bonds. The number of sulfonamides is 1. The zero-order valence-corrected chi connectivity index (χ0v) is 16.2. The summed E-state index contributed by atoms with van der Waals surface area (Å²) >= 11 is 0. The second-order valence-corrected chi connectivity index (χ2v) is 9.38. The number of aromatic nitrogens is 1. The molecule has 0 spiro atoms. The minimum absolute atomic E-state index is 0.370. The van der Waals surface area contributed by atoms with Crippen LogP contribution < -0.4 is 0 Å². The van der Waals surface area contributed by atoms with Crippen LogP contribution in [0.1, 0.15) is 42.1 Å². The van der Waals surface area contributed by atoms with Gasteiger partial charge < -0.3 is 4.98 Å². The van der Waals surface area contributed by atoms with E-state index in [9.17, 15) is 8.42 Å². The fourth-order valence-corrected chi connectivity index (χ4v) is 5.04. The van der Waals surface area contributed by atoms with Gasteiger partial charge in [0.2, 0.25) is 10.0 Å². The van der Waals surface area contributed by atoms with Gasteiger partial charge in [0.05, 0.1) is 4.90 Å². The molecule has 5 heteroatoms. The highest BCUT2D eigenvalue weighted by Gasteiger charge is 2.30. The molecule has 26 heavy (non-hydrogen) atoms. The maximum atomic E-state index is 13.1. The third-order valence-electron chi connectivity index (χ3n) is 5.29. The summed E-state index contributed by atoms with van der Waals surface area (Å²) in [7, 11) is -3.48. The molecule has 0 fully saturated rings. The molecule has 0 atom stereocenters. The average Bonchev–Trinajstić information content (AvgIpc) is 2.99. The topological polar surface area (TPSA) is 53.2 Å². The number of hydrogen-bond donors (Lipinski definition) is 1. The highest BCUT2D eigenvalue weighted by atomic mass is 32.2. The van der Waals surface area contributed by atoms with E-state index < -0.39 is 10.0 Å². The van der Waals surface area contributed by atoms with E-state index in [-0.39, 0.29) is 0 Å². The van der Waals surface area contributed by atoms with Crippen molar-refractivity contribution in [2.75, 3.05) is 6.54 Å². The summed E-state index contributed by atoms with van der Waals surface area (Å²) in [6, 6.07) is 13.6. The van der Waals surface area contributed by atoms with Gasteiger partial charge in [0.1, 0.15) is 0 Å². The second-order valence-electron chi connectivity index (χ2n) is 7.44. The molecule has 4 nitrogen and oxygen atoms in total. The number of aromatic amines is 1. The van der Waals surface area contributed by atoms with E-state index in [1.165, 1.54) is 5.56 Å². The van der Waals surface area contributed by atoms with E-state index in [0.29, 0.717) is 30.3 Å². The van der Waals surface area contributed by atoms with E-state index in [2.05, 4.69) is 37.0 Å². The van der Waals surface area contributed by atoms with Gasteiger partial charge in [-0.3, -0.25) is 0 Å². The molecule has 1 aliphatic rings. The van der Waals surface area contributed by atoms with Crippen LogP contribution in [0.15, 0.2) is 47.4 Å². The van der Waals surface area contributed by atoms with Gasteiger partial charge in [-0.1, -0.05) is 37.6 Å². The Hall–Kier alpha value is -2.11. The molecule has 1 aromatic heterocycles. The first-order chi connectivity index (χ1) is 12.4. The Kier molecular flexibility index (Phi) is 4.16. The van der Waals surface area contributed by atoms with Crippen molar-refractivity contribution in [3.63, 3.8) is 0 Å². The van der Waals surface area contributed by atoms with Gasteiger partial charge in [0.25, 0.3) is 0 Å². The summed E-state index contributed by atoms with van der Waals surface area (Å²) in [5.41, 5.74) is 5.70. The van der Waals surface area contributed by atoms with Gasteiger partial charge in [-0.15, -0.1) is 0 Å². The van der Waals surface area contributed by atoms with E-state index >= 15 is 0 Å². The molecule has 136 valence electrons. The minimum atomic E-state index is -3.48. The largest absolute Gasteiger partial charge is 0.358 e. The number of rotatable bonds is 3. The van der Waals surface area contributed by atoms with Gasteiger partial charge in [-0.05, 0) is 48.2 Å². The van der Waals surface area contributed by atoms with E-state index in [0.717, 1.165) is 27.7 Å². The Morgan fingerprint density at radius 1 is 1.08 bits per heavy atom. The van der Waals surface area contributed by atoms with Crippen molar-refractivity contribution < 1.29 is 8.42 Å². The highest BCUT2D eigenvalue weighted by Crippen LogP contribution is 2.32. The standard InChI is InChI=1S/C21H24N2O2S/c1-14(2)16-6-9-20-18(12-16)19-13-23(11-10-21(19)22-20)26(24,25)17-7-4-15(3)5-8-17/h4-9,12,14,22H,10-11,13H2,1-3H3. The van der Waals surface area contributed by atoms with Crippen molar-refractivity contribution in [2.24, 2.45) is 0 Å². The number of fused-ring (bicyclic) bond motifs is 3. The van der Waals surface area contributed by atoms with Gasteiger partial charge in [-0.25, -0.2) is 8.42 Å². The quantitative estimate of drug-likeness (QED) is 0.747. The summed E-state index contributed by atoms with van der Waals surface area (Å²) in [5, 5.41) is 1.15. The minimum Gasteiger partial charge on any atom is -0.358 e. The lowest BCUT2D eigenvalue weighted by Gasteiger charge is -2.26. The number of nitrogens with one attached hydrogen (secondary N) is 1. The van der Waals surface area contributed by atoms with Crippen molar-refractivity contribution in [1.29, 1.82) is 0 Å². The molecule has 0 saturated carbocycles. The fraction of sp³-hybridized carbons (Fsp3) is 0.333. The van der Waals surface area contributed by atoms with Crippen LogP contribution in [0.3, 0.4) is 0 Å². The van der Waals surface area contributed by atoms with Crippen molar-refractivity contribution >= 4 is 20.9 Å². The van der Waals surface area contributed by atoms with E-state index in [4.69, 9.17) is 0 Å². The monoisotopic (exact) mass is 368 g/mol. The average molecular weight is 369 g/mol. The molecule has 0 bridgehead atoms. The first-order valence-electron chi connectivity index (χ1n) is 9.06. The van der Waals surface area contributed by atoms with Crippen LogP contribution in [0, 0.1) is 6.92 Å². The van der Waals surface area contributed by atoms with Crippen LogP contribution in [0.5, 0.6) is 0 Å². The normalized spacial score (nSPS) is 15.5. The van der Waals surface area contributed by atoms with Crippen LogP contribution in [0.4, 0.5) is 0 Å². The zero-order chi connectivity index (χ0) is 18.5. The Labute approximate surface area is 154 Å². The van der Waals surface area contributed by atoms with Crippen molar-refractivity contribution in [2.45, 2.75) is 44.6 Å². The predicted octanol–water partition coefficient (Wildman–Crippen LogP) is 4.35. The molecular formula is C21H24N2O2S. The maximum absolute atomic E-state index is 13.1. The van der Waals surface area contributed by atoms with E-state index in [1.807, 2.05) is 19.1 Å². The zero-order valence-electron chi connectivity index (χ0n) is 15.4. The lowest BCUT2D eigenvalue weighted by atomic mass is 9.99. The summed E-state index contributed by atoms with van der Waals surface area (Å²) in [6.07, 6.45) is 0.714. The molecule has 0 unspecified atom stereocenters. The van der Waals surface area contributed by atoms with Gasteiger partial charge >= 0.3 is 0 Å². The fourth-order valence-electron chi connectivity index (χ4n) is 3.63. The van der Waals surface area contributed by atoms with Gasteiger partial charge in [0.15, 0.2) is 0 Å². The lowest BCUT2D eigenvalue weighted by Crippen LogP contribution is -2.35. The van der Waals surface area contributed by atoms with Crippen LogP contribution in [0.25, 0.3) is 10.9 Å². The Morgan fingerprint density at radius 3 is 2.50 bits per heavy atom. The molecule has 0 aliphatic carbocycles. The lowest BCUT2D eigenvalue weighted by molar-refractivity contribution is 0.391. The van der Waals surface area contributed by atoms with E-state index in [1.54, 1.807) is 16.4 Å². The first kappa shape index (κ1) is 17.3. The molecule has 4 rings (SSSR count). The Bertz CT molecular complexity index is 1060. The molecular weight excluding hydrogens is 344 g/mol. The number of H-pyrrole nitrogens is 1. The highest BCUT2D eigenvalue weighted by molar-refractivity contribution is 7.89. The van der Waals surface area contributed by atoms with Gasteiger partial charge in [-0.2, -0.15) is 4.31 Å². The third-order valence-corrected chi connectivity index (χ3v) is 7.15. The SMILES string of the molecule is Cc1ccc(S(=O)(=O)N2CCc3[nH]c4ccc(C(C)C)cc4c3C2)cc1. The maximum Gasteiger partial charge on any atom is 0.243 e. The number of hydrogen-bond acceptors (Lipinski definition) is 2. The van der Waals surface area contributed by atoms with Crippen molar-refractivity contribution in [3.8, 4) is 0 Å². The second kappa shape index (κ2) is 6.25. The number of nitrogens with zero attached hydrogens (tertiary/aromatic N) is 1. The predicted molar refractivity (Wildman–Crippen MR) is 105 cm³/mol. The summed E-state index contributed by atoms with van der Waals surface area (Å²) < 4.78 is 27.7. The molecule has 1 aliphatic heterocycles. The molecule has 3 aromatic rings. The first-order valence-corrected chi connectivity index (χ1v) is 10.5. The number of aryl methyl sites for hydroxylation is 1. The number of benzene rings is 2. The molecule has 2 aromatic carbocycles. The smallest absolute Gasteiger partial charge is 0.243 e. The third kappa shape index (κ3) is 2.85. The van der Waals surface area contributed by atoms with Crippen LogP contribution in [-0.2, 0) is 23.0 Å². The van der Waals surface area contributed by atoms with Crippen LogP contribution in [0.2, 0.25) is 0 Å². The Balaban J connectivity index is 1.73. The van der Waals surface area contributed by atoms with Crippen LogP contribution in [-0.4, -0.2) is 24.3 Å². The molecule has 1 N–H and O–H groups in total. The molecule has 2 heterocycles. The summed E-state index contributed by atoms with van der Waals surface area (Å²) in [4.78, 5) is 3.85. The Morgan fingerprint density at radius 2 is 1.81 bits per heavy atom.